The molecule has 7 nitrogen and oxygen atoms in total. The lowest BCUT2D eigenvalue weighted by Gasteiger charge is -2.23. The summed E-state index contributed by atoms with van der Waals surface area (Å²) in [5.74, 6) is -0.137. The van der Waals surface area contributed by atoms with Crippen molar-refractivity contribution in [3.8, 4) is 5.75 Å². The molecular formula is C22H33BrO7S. The first kappa shape index (κ1) is 27.7. The van der Waals surface area contributed by atoms with Crippen LogP contribution >= 0.6 is 27.7 Å². The third-order valence-electron chi connectivity index (χ3n) is 3.33. The van der Waals surface area contributed by atoms with E-state index in [0.29, 0.717) is 28.3 Å². The van der Waals surface area contributed by atoms with Crippen LogP contribution in [-0.4, -0.2) is 48.6 Å². The minimum Gasteiger partial charge on any atom is -0.456 e. The molecule has 1 aromatic carbocycles. The topological polar surface area (TPSA) is 80.3 Å². The highest BCUT2D eigenvalue weighted by molar-refractivity contribution is 9.10. The Morgan fingerprint density at radius 1 is 0.968 bits per heavy atom. The van der Waals surface area contributed by atoms with E-state index in [2.05, 4.69) is 15.9 Å². The van der Waals surface area contributed by atoms with E-state index < -0.39 is 29.6 Å². The number of carbonyl (C=O) groups is 2. The van der Waals surface area contributed by atoms with Gasteiger partial charge in [-0.1, -0.05) is 0 Å². The maximum Gasteiger partial charge on any atom is 0.514 e. The zero-order chi connectivity index (χ0) is 23.8. The standard InChI is InChI=1S/C22H33BrO7S/c1-9-26-16(27-10-2)13-31-15-12-11-14(23)18(28-20(25)30-22(6,7)8)17(15)19(24)29-21(3,4)5/h11-12,16H,9-10,13H2,1-8H3. The number of halogens is 1. The molecule has 1 rings (SSSR count). The molecule has 176 valence electrons. The molecule has 0 amide bonds. The van der Waals surface area contributed by atoms with Crippen molar-refractivity contribution in [1.82, 2.24) is 0 Å². The fraction of sp³-hybridized carbons (Fsp3) is 0.636. The summed E-state index contributed by atoms with van der Waals surface area (Å²) in [5.41, 5.74) is -1.35. The minimum absolute atomic E-state index is 0.0397. The monoisotopic (exact) mass is 520 g/mol. The number of esters is 1. The molecule has 31 heavy (non-hydrogen) atoms. The molecule has 0 bridgehead atoms. The average molecular weight is 521 g/mol. The van der Waals surface area contributed by atoms with Crippen molar-refractivity contribution in [2.24, 2.45) is 0 Å². The van der Waals surface area contributed by atoms with E-state index in [-0.39, 0.29) is 11.3 Å². The predicted octanol–water partition coefficient (Wildman–Crippen LogP) is 6.21. The molecule has 0 saturated heterocycles. The predicted molar refractivity (Wildman–Crippen MR) is 124 cm³/mol. The Bertz CT molecular complexity index is 747. The molecule has 0 aliphatic heterocycles. The van der Waals surface area contributed by atoms with Gasteiger partial charge in [0.15, 0.2) is 12.0 Å². The second kappa shape index (κ2) is 12.1. The van der Waals surface area contributed by atoms with Crippen LogP contribution in [0.15, 0.2) is 21.5 Å². The molecule has 0 aliphatic rings. The lowest BCUT2D eigenvalue weighted by Crippen LogP contribution is -2.28. The summed E-state index contributed by atoms with van der Waals surface area (Å²) in [6.45, 7) is 15.3. The van der Waals surface area contributed by atoms with Gasteiger partial charge in [-0.05, 0) is 83.5 Å². The maximum atomic E-state index is 13.1. The van der Waals surface area contributed by atoms with E-state index in [4.69, 9.17) is 23.7 Å². The smallest absolute Gasteiger partial charge is 0.456 e. The second-order valence-electron chi connectivity index (χ2n) is 8.47. The second-order valence-corrected chi connectivity index (χ2v) is 10.4. The van der Waals surface area contributed by atoms with Crippen LogP contribution < -0.4 is 4.74 Å². The third-order valence-corrected chi connectivity index (χ3v) is 5.04. The van der Waals surface area contributed by atoms with Gasteiger partial charge in [-0.25, -0.2) is 9.59 Å². The van der Waals surface area contributed by atoms with Gasteiger partial charge in [0.1, 0.15) is 16.8 Å². The number of benzene rings is 1. The summed E-state index contributed by atoms with van der Waals surface area (Å²) < 4.78 is 27.9. The molecular weight excluding hydrogens is 488 g/mol. The molecule has 0 unspecified atom stereocenters. The number of hydrogen-bond donors (Lipinski definition) is 0. The van der Waals surface area contributed by atoms with Gasteiger partial charge in [-0.3, -0.25) is 0 Å². The Labute approximate surface area is 197 Å². The molecule has 0 spiro atoms. The van der Waals surface area contributed by atoms with Gasteiger partial charge in [0, 0.05) is 23.9 Å². The molecule has 0 fully saturated rings. The number of rotatable bonds is 9. The highest BCUT2D eigenvalue weighted by Crippen LogP contribution is 2.38. The molecule has 1 aromatic rings. The SMILES string of the molecule is CCOC(CSc1ccc(Br)c(OC(=O)OC(C)(C)C)c1C(=O)OC(C)(C)C)OCC. The first-order valence-electron chi connectivity index (χ1n) is 10.1. The van der Waals surface area contributed by atoms with Crippen molar-refractivity contribution >= 4 is 39.8 Å². The average Bonchev–Trinajstić information content (AvgIpc) is 2.59. The number of ether oxygens (including phenoxy) is 5. The van der Waals surface area contributed by atoms with Crippen molar-refractivity contribution in [3.05, 3.63) is 22.2 Å². The molecule has 9 heteroatoms. The van der Waals surface area contributed by atoms with E-state index in [1.165, 1.54) is 11.8 Å². The molecule has 0 heterocycles. The fourth-order valence-corrected chi connectivity index (χ4v) is 3.71. The highest BCUT2D eigenvalue weighted by Gasteiger charge is 2.29. The van der Waals surface area contributed by atoms with Crippen LogP contribution in [0.1, 0.15) is 65.7 Å². The summed E-state index contributed by atoms with van der Waals surface area (Å²) in [6, 6.07) is 3.46. The van der Waals surface area contributed by atoms with E-state index in [1.807, 2.05) is 13.8 Å². The quantitative estimate of drug-likeness (QED) is 0.164. The molecule has 0 aromatic heterocycles. The van der Waals surface area contributed by atoms with Gasteiger partial charge in [-0.15, -0.1) is 11.8 Å². The van der Waals surface area contributed by atoms with Crippen molar-refractivity contribution < 1.29 is 33.3 Å². The Balaban J connectivity index is 3.32. The van der Waals surface area contributed by atoms with E-state index in [1.54, 1.807) is 53.7 Å². The largest absolute Gasteiger partial charge is 0.514 e. The zero-order valence-corrected chi connectivity index (χ0v) is 21.9. The summed E-state index contributed by atoms with van der Waals surface area (Å²) in [6.07, 6.45) is -1.35. The zero-order valence-electron chi connectivity index (χ0n) is 19.5. The van der Waals surface area contributed by atoms with Gasteiger partial charge in [0.2, 0.25) is 0 Å². The summed E-state index contributed by atoms with van der Waals surface area (Å²) in [7, 11) is 0. The Morgan fingerprint density at radius 3 is 2.00 bits per heavy atom. The van der Waals surface area contributed by atoms with Crippen molar-refractivity contribution in [2.75, 3.05) is 19.0 Å². The maximum absolute atomic E-state index is 13.1. The Hall–Kier alpha value is -1.29. The van der Waals surface area contributed by atoms with Crippen LogP contribution in [0.4, 0.5) is 4.79 Å². The third kappa shape index (κ3) is 10.2. The van der Waals surface area contributed by atoms with Gasteiger partial charge < -0.3 is 23.7 Å². The van der Waals surface area contributed by atoms with Crippen LogP contribution in [-0.2, 0) is 18.9 Å². The van der Waals surface area contributed by atoms with E-state index in [0.717, 1.165) is 0 Å². The van der Waals surface area contributed by atoms with Crippen LogP contribution in [0.2, 0.25) is 0 Å². The van der Waals surface area contributed by atoms with Crippen molar-refractivity contribution in [3.63, 3.8) is 0 Å². The van der Waals surface area contributed by atoms with Gasteiger partial charge in [0.05, 0.1) is 4.47 Å². The molecule has 0 saturated carbocycles. The Kier molecular flexibility index (Phi) is 10.8. The highest BCUT2D eigenvalue weighted by atomic mass is 79.9. The van der Waals surface area contributed by atoms with Crippen LogP contribution in [0.3, 0.4) is 0 Å². The van der Waals surface area contributed by atoms with Gasteiger partial charge >= 0.3 is 12.1 Å². The van der Waals surface area contributed by atoms with E-state index >= 15 is 0 Å². The fourth-order valence-electron chi connectivity index (χ4n) is 2.31. The van der Waals surface area contributed by atoms with Crippen molar-refractivity contribution in [2.45, 2.75) is 77.8 Å². The minimum atomic E-state index is -0.915. The van der Waals surface area contributed by atoms with Gasteiger partial charge in [-0.2, -0.15) is 0 Å². The van der Waals surface area contributed by atoms with E-state index in [9.17, 15) is 9.59 Å². The number of thioether (sulfide) groups is 1. The van der Waals surface area contributed by atoms with Crippen LogP contribution in [0, 0.1) is 0 Å². The molecule has 0 aliphatic carbocycles. The number of hydrogen-bond acceptors (Lipinski definition) is 8. The molecule has 0 atom stereocenters. The van der Waals surface area contributed by atoms with Crippen molar-refractivity contribution in [1.29, 1.82) is 0 Å². The molecule has 0 radical (unpaired) electrons. The first-order chi connectivity index (χ1) is 14.3. The number of carbonyl (C=O) groups excluding carboxylic acids is 2. The normalized spacial score (nSPS) is 12.1. The lowest BCUT2D eigenvalue weighted by molar-refractivity contribution is -0.120. The Morgan fingerprint density at radius 2 is 1.52 bits per heavy atom. The van der Waals surface area contributed by atoms with Crippen LogP contribution in [0.25, 0.3) is 0 Å². The summed E-state index contributed by atoms with van der Waals surface area (Å²) in [5, 5.41) is 0. The van der Waals surface area contributed by atoms with Crippen LogP contribution in [0.5, 0.6) is 5.75 Å². The summed E-state index contributed by atoms with van der Waals surface area (Å²) in [4.78, 5) is 26.0. The molecule has 0 N–H and O–H groups in total. The lowest BCUT2D eigenvalue weighted by atomic mass is 10.1. The first-order valence-corrected chi connectivity index (χ1v) is 11.9. The summed E-state index contributed by atoms with van der Waals surface area (Å²) >= 11 is 4.72. The van der Waals surface area contributed by atoms with Gasteiger partial charge in [0.25, 0.3) is 0 Å².